The van der Waals surface area contributed by atoms with Crippen LogP contribution in [0.4, 0.5) is 10.1 Å². The summed E-state index contributed by atoms with van der Waals surface area (Å²) in [7, 11) is 1.59. The van der Waals surface area contributed by atoms with E-state index in [4.69, 9.17) is 9.84 Å². The molecule has 0 aliphatic carbocycles. The van der Waals surface area contributed by atoms with Gasteiger partial charge in [0.05, 0.1) is 19.8 Å². The minimum atomic E-state index is -0.381. The fourth-order valence-corrected chi connectivity index (χ4v) is 1.66. The topological polar surface area (TPSA) is 52.9 Å². The van der Waals surface area contributed by atoms with Gasteiger partial charge < -0.3 is 19.8 Å². The summed E-state index contributed by atoms with van der Waals surface area (Å²) in [6, 6.07) is 4.24. The molecule has 0 saturated heterocycles. The lowest BCUT2D eigenvalue weighted by molar-refractivity contribution is 0.202. The number of hydrogen-bond donors (Lipinski definition) is 2. The Morgan fingerprint density at radius 1 is 1.29 bits per heavy atom. The summed E-state index contributed by atoms with van der Waals surface area (Å²) in [6.07, 6.45) is 0. The second-order valence-corrected chi connectivity index (χ2v) is 3.63. The van der Waals surface area contributed by atoms with Crippen LogP contribution >= 0.6 is 0 Å². The Kier molecular flexibility index (Phi) is 5.90. The van der Waals surface area contributed by atoms with Gasteiger partial charge in [-0.05, 0) is 18.2 Å². The lowest BCUT2D eigenvalue weighted by Gasteiger charge is -2.25. The molecule has 0 saturated carbocycles. The van der Waals surface area contributed by atoms with Crippen LogP contribution in [-0.2, 0) is 11.3 Å². The van der Waals surface area contributed by atoms with E-state index in [0.29, 0.717) is 25.3 Å². The van der Waals surface area contributed by atoms with Crippen LogP contribution in [0, 0.1) is 5.82 Å². The maximum atomic E-state index is 13.0. The molecule has 1 rings (SSSR count). The normalized spacial score (nSPS) is 10.6. The molecule has 0 fully saturated rings. The van der Waals surface area contributed by atoms with Gasteiger partial charge in [0, 0.05) is 31.5 Å². The highest BCUT2D eigenvalue weighted by molar-refractivity contribution is 5.53. The number of benzene rings is 1. The number of rotatable bonds is 7. The van der Waals surface area contributed by atoms with E-state index in [1.165, 1.54) is 12.1 Å². The third kappa shape index (κ3) is 3.96. The zero-order chi connectivity index (χ0) is 12.7. The summed E-state index contributed by atoms with van der Waals surface area (Å²) >= 11 is 0. The van der Waals surface area contributed by atoms with E-state index in [1.54, 1.807) is 13.2 Å². The molecule has 0 amide bonds. The van der Waals surface area contributed by atoms with Crippen LogP contribution in [0.2, 0.25) is 0 Å². The average Bonchev–Trinajstić information content (AvgIpc) is 2.34. The number of hydrogen-bond acceptors (Lipinski definition) is 4. The van der Waals surface area contributed by atoms with E-state index in [2.05, 4.69) is 0 Å². The maximum Gasteiger partial charge on any atom is 0.123 e. The number of anilines is 1. The van der Waals surface area contributed by atoms with Crippen LogP contribution in [0.3, 0.4) is 0 Å². The zero-order valence-corrected chi connectivity index (χ0v) is 9.90. The van der Waals surface area contributed by atoms with Crippen molar-refractivity contribution in [2.24, 2.45) is 0 Å². The van der Waals surface area contributed by atoms with Crippen molar-refractivity contribution in [3.8, 4) is 0 Å². The van der Waals surface area contributed by atoms with Crippen LogP contribution < -0.4 is 4.90 Å². The van der Waals surface area contributed by atoms with E-state index >= 15 is 0 Å². The van der Waals surface area contributed by atoms with Gasteiger partial charge in [0.2, 0.25) is 0 Å². The minimum Gasteiger partial charge on any atom is -0.395 e. The first-order chi connectivity index (χ1) is 8.22. The van der Waals surface area contributed by atoms with Crippen LogP contribution in [0.25, 0.3) is 0 Å². The summed E-state index contributed by atoms with van der Waals surface area (Å²) in [5, 5.41) is 18.2. The Morgan fingerprint density at radius 3 is 2.65 bits per heavy atom. The predicted octanol–water partition coefficient (Wildman–Crippen LogP) is 0.763. The second kappa shape index (κ2) is 7.21. The van der Waals surface area contributed by atoms with E-state index in [1.807, 2.05) is 4.90 Å². The van der Waals surface area contributed by atoms with Crippen LogP contribution in [0.15, 0.2) is 18.2 Å². The van der Waals surface area contributed by atoms with Crippen molar-refractivity contribution in [1.29, 1.82) is 0 Å². The Morgan fingerprint density at radius 2 is 2.06 bits per heavy atom. The molecule has 0 spiro atoms. The van der Waals surface area contributed by atoms with E-state index in [9.17, 15) is 9.50 Å². The number of aliphatic hydroxyl groups is 2. The van der Waals surface area contributed by atoms with Gasteiger partial charge in [-0.3, -0.25) is 0 Å². The van der Waals surface area contributed by atoms with Gasteiger partial charge in [0.25, 0.3) is 0 Å². The molecule has 4 nitrogen and oxygen atoms in total. The molecule has 0 bridgehead atoms. The maximum absolute atomic E-state index is 13.0. The molecule has 2 N–H and O–H groups in total. The summed E-state index contributed by atoms with van der Waals surface area (Å²) < 4.78 is 18.0. The SMILES string of the molecule is COCCN(CCO)c1ccc(F)cc1CO. The van der Waals surface area contributed by atoms with Crippen molar-refractivity contribution >= 4 is 5.69 Å². The van der Waals surface area contributed by atoms with E-state index in [0.717, 1.165) is 5.69 Å². The quantitative estimate of drug-likeness (QED) is 0.742. The first-order valence-corrected chi connectivity index (χ1v) is 5.47. The lowest BCUT2D eigenvalue weighted by atomic mass is 10.1. The molecule has 0 aliphatic rings. The van der Waals surface area contributed by atoms with Gasteiger partial charge in [-0.15, -0.1) is 0 Å². The smallest absolute Gasteiger partial charge is 0.123 e. The monoisotopic (exact) mass is 243 g/mol. The number of halogens is 1. The van der Waals surface area contributed by atoms with Gasteiger partial charge in [0.1, 0.15) is 5.82 Å². The average molecular weight is 243 g/mol. The summed E-state index contributed by atoms with van der Waals surface area (Å²) in [5.74, 6) is -0.381. The molecule has 0 heterocycles. The summed E-state index contributed by atoms with van der Waals surface area (Å²) in [4.78, 5) is 1.86. The predicted molar refractivity (Wildman–Crippen MR) is 63.5 cm³/mol. The van der Waals surface area contributed by atoms with Crippen molar-refractivity contribution < 1.29 is 19.3 Å². The molecule has 17 heavy (non-hydrogen) atoms. The van der Waals surface area contributed by atoms with E-state index in [-0.39, 0.29) is 19.0 Å². The van der Waals surface area contributed by atoms with Gasteiger partial charge >= 0.3 is 0 Å². The highest BCUT2D eigenvalue weighted by Crippen LogP contribution is 2.21. The first-order valence-electron chi connectivity index (χ1n) is 5.47. The van der Waals surface area contributed by atoms with Crippen LogP contribution in [0.5, 0.6) is 0 Å². The molecule has 0 aromatic heterocycles. The van der Waals surface area contributed by atoms with Crippen molar-refractivity contribution in [1.82, 2.24) is 0 Å². The van der Waals surface area contributed by atoms with Crippen LogP contribution in [-0.4, -0.2) is 43.6 Å². The third-order valence-electron chi connectivity index (χ3n) is 2.49. The molecule has 0 radical (unpaired) electrons. The van der Waals surface area contributed by atoms with Gasteiger partial charge in [0.15, 0.2) is 0 Å². The Bertz CT molecular complexity index is 347. The van der Waals surface area contributed by atoms with Crippen molar-refractivity contribution in [3.63, 3.8) is 0 Å². The molecule has 5 heteroatoms. The van der Waals surface area contributed by atoms with Gasteiger partial charge in [-0.1, -0.05) is 0 Å². The highest BCUT2D eigenvalue weighted by Gasteiger charge is 2.11. The zero-order valence-electron chi connectivity index (χ0n) is 9.90. The van der Waals surface area contributed by atoms with E-state index < -0.39 is 0 Å². The third-order valence-corrected chi connectivity index (χ3v) is 2.49. The molecule has 1 aromatic rings. The molecule has 0 unspecified atom stereocenters. The Hall–Kier alpha value is -1.17. The first kappa shape index (κ1) is 13.9. The Labute approximate surface area is 100 Å². The molecule has 0 aliphatic heterocycles. The van der Waals surface area contributed by atoms with Crippen molar-refractivity contribution in [2.75, 3.05) is 38.3 Å². The highest BCUT2D eigenvalue weighted by atomic mass is 19.1. The number of aliphatic hydroxyl groups excluding tert-OH is 2. The molecule has 96 valence electrons. The number of nitrogens with zero attached hydrogens (tertiary/aromatic N) is 1. The fourth-order valence-electron chi connectivity index (χ4n) is 1.66. The minimum absolute atomic E-state index is 0.00798. The molecule has 1 aromatic carbocycles. The fraction of sp³-hybridized carbons (Fsp3) is 0.500. The van der Waals surface area contributed by atoms with Crippen molar-refractivity contribution in [3.05, 3.63) is 29.6 Å². The van der Waals surface area contributed by atoms with Crippen LogP contribution in [0.1, 0.15) is 5.56 Å². The standard InChI is InChI=1S/C12H18FNO3/c1-17-7-5-14(4-6-15)12-3-2-11(13)8-10(12)9-16/h2-3,8,15-16H,4-7,9H2,1H3. The number of methoxy groups -OCH3 is 1. The van der Waals surface area contributed by atoms with Crippen molar-refractivity contribution in [2.45, 2.75) is 6.61 Å². The van der Waals surface area contributed by atoms with Gasteiger partial charge in [-0.25, -0.2) is 4.39 Å². The van der Waals surface area contributed by atoms with Gasteiger partial charge in [-0.2, -0.15) is 0 Å². The number of ether oxygens (including phenoxy) is 1. The Balaban J connectivity index is 2.91. The summed E-state index contributed by atoms with van der Waals surface area (Å²) in [6.45, 7) is 1.26. The second-order valence-electron chi connectivity index (χ2n) is 3.63. The molecular weight excluding hydrogens is 225 g/mol. The molecular formula is C12H18FNO3. The lowest BCUT2D eigenvalue weighted by Crippen LogP contribution is -2.31. The largest absolute Gasteiger partial charge is 0.395 e. The molecule has 0 atom stereocenters. The summed E-state index contributed by atoms with van der Waals surface area (Å²) in [5.41, 5.74) is 1.23.